The maximum Gasteiger partial charge on any atom is 0.326 e. The second kappa shape index (κ2) is 7.69. The molecule has 0 saturated heterocycles. The van der Waals surface area contributed by atoms with Gasteiger partial charge in [-0.1, -0.05) is 13.8 Å². The predicted octanol–water partition coefficient (Wildman–Crippen LogP) is 1.31. The van der Waals surface area contributed by atoms with E-state index in [-0.39, 0.29) is 11.5 Å². The smallest absolute Gasteiger partial charge is 0.326 e. The molecule has 0 aliphatic heterocycles. The van der Waals surface area contributed by atoms with Crippen molar-refractivity contribution < 1.29 is 14.7 Å². The SMILES string of the molecule is CC(C)C(N/C=C(/C#N)C(=O)Nc1ccc(N)cc1)C(=O)O. The number of nitriles is 1. The minimum atomic E-state index is -1.05. The number of carboxylic acid groups (broad SMARTS) is 1. The summed E-state index contributed by atoms with van der Waals surface area (Å²) in [6.07, 6.45) is 1.12. The molecule has 1 rings (SSSR count). The molecule has 1 aromatic rings. The number of nitrogen functional groups attached to an aromatic ring is 1. The summed E-state index contributed by atoms with van der Waals surface area (Å²) in [6, 6.07) is 7.28. The van der Waals surface area contributed by atoms with Crippen LogP contribution >= 0.6 is 0 Å². The Hall–Kier alpha value is -3.01. The van der Waals surface area contributed by atoms with Crippen LogP contribution in [0.4, 0.5) is 11.4 Å². The van der Waals surface area contributed by atoms with Crippen molar-refractivity contribution in [2.75, 3.05) is 11.1 Å². The number of rotatable bonds is 6. The average Bonchev–Trinajstić information content (AvgIpc) is 2.45. The summed E-state index contributed by atoms with van der Waals surface area (Å²) in [4.78, 5) is 23.0. The van der Waals surface area contributed by atoms with Gasteiger partial charge in [0, 0.05) is 17.6 Å². The Labute approximate surface area is 128 Å². The van der Waals surface area contributed by atoms with Gasteiger partial charge in [0.15, 0.2) is 0 Å². The number of benzene rings is 1. The summed E-state index contributed by atoms with van der Waals surface area (Å²) in [5, 5.41) is 23.2. The van der Waals surface area contributed by atoms with Crippen LogP contribution in [0.5, 0.6) is 0 Å². The van der Waals surface area contributed by atoms with Gasteiger partial charge in [0.25, 0.3) is 5.91 Å². The molecule has 1 amide bonds. The lowest BCUT2D eigenvalue weighted by Gasteiger charge is -2.16. The molecule has 1 atom stereocenters. The Balaban J connectivity index is 2.80. The number of anilines is 2. The van der Waals surface area contributed by atoms with Crippen LogP contribution in [0.25, 0.3) is 0 Å². The van der Waals surface area contributed by atoms with E-state index in [9.17, 15) is 9.59 Å². The van der Waals surface area contributed by atoms with Gasteiger partial charge in [-0.2, -0.15) is 5.26 Å². The molecule has 7 heteroatoms. The van der Waals surface area contributed by atoms with Crippen LogP contribution in [0.15, 0.2) is 36.0 Å². The van der Waals surface area contributed by atoms with Gasteiger partial charge in [0.05, 0.1) is 0 Å². The quantitative estimate of drug-likeness (QED) is 0.356. The van der Waals surface area contributed by atoms with E-state index in [1.807, 2.05) is 0 Å². The highest BCUT2D eigenvalue weighted by atomic mass is 16.4. The Morgan fingerprint density at radius 1 is 1.32 bits per heavy atom. The Morgan fingerprint density at radius 2 is 1.91 bits per heavy atom. The third-order valence-corrected chi connectivity index (χ3v) is 2.87. The Morgan fingerprint density at radius 3 is 2.36 bits per heavy atom. The number of amides is 1. The minimum absolute atomic E-state index is 0.200. The number of nitrogens with zero attached hydrogens (tertiary/aromatic N) is 1. The zero-order chi connectivity index (χ0) is 16.7. The summed E-state index contributed by atoms with van der Waals surface area (Å²) in [5.74, 6) is -1.89. The van der Waals surface area contributed by atoms with E-state index in [1.165, 1.54) is 0 Å². The highest BCUT2D eigenvalue weighted by Gasteiger charge is 2.20. The van der Waals surface area contributed by atoms with Gasteiger partial charge < -0.3 is 21.5 Å². The molecular weight excluding hydrogens is 284 g/mol. The van der Waals surface area contributed by atoms with Crippen molar-refractivity contribution in [2.45, 2.75) is 19.9 Å². The zero-order valence-electron chi connectivity index (χ0n) is 12.3. The largest absolute Gasteiger partial charge is 0.480 e. The molecule has 1 aromatic carbocycles. The highest BCUT2D eigenvalue weighted by Crippen LogP contribution is 2.11. The first-order valence-corrected chi connectivity index (χ1v) is 6.61. The molecule has 0 aliphatic carbocycles. The maximum absolute atomic E-state index is 12.0. The van der Waals surface area contributed by atoms with E-state index >= 15 is 0 Å². The molecule has 0 heterocycles. The molecule has 0 aliphatic rings. The first kappa shape index (κ1) is 17.0. The van der Waals surface area contributed by atoms with Crippen LogP contribution in [0, 0.1) is 17.2 Å². The fourth-order valence-corrected chi connectivity index (χ4v) is 1.64. The third-order valence-electron chi connectivity index (χ3n) is 2.87. The number of nitrogens with one attached hydrogen (secondary N) is 2. The number of hydrogen-bond acceptors (Lipinski definition) is 5. The first-order valence-electron chi connectivity index (χ1n) is 6.61. The van der Waals surface area contributed by atoms with E-state index in [0.717, 1.165) is 6.20 Å². The monoisotopic (exact) mass is 302 g/mol. The fourth-order valence-electron chi connectivity index (χ4n) is 1.64. The van der Waals surface area contributed by atoms with E-state index in [0.29, 0.717) is 11.4 Å². The third kappa shape index (κ3) is 4.83. The summed E-state index contributed by atoms with van der Waals surface area (Å²) in [6.45, 7) is 3.44. The highest BCUT2D eigenvalue weighted by molar-refractivity contribution is 6.06. The molecular formula is C15H18N4O3. The molecule has 1 unspecified atom stereocenters. The Bertz CT molecular complexity index is 615. The summed E-state index contributed by atoms with van der Waals surface area (Å²) >= 11 is 0. The van der Waals surface area contributed by atoms with Gasteiger partial charge in [-0.25, -0.2) is 4.79 Å². The second-order valence-corrected chi connectivity index (χ2v) is 4.97. The number of nitrogens with two attached hydrogens (primary N) is 1. The average molecular weight is 302 g/mol. The van der Waals surface area contributed by atoms with E-state index in [2.05, 4.69) is 10.6 Å². The van der Waals surface area contributed by atoms with Gasteiger partial charge in [-0.05, 0) is 30.2 Å². The molecule has 7 nitrogen and oxygen atoms in total. The summed E-state index contributed by atoms with van der Waals surface area (Å²) in [5.41, 5.74) is 6.36. The van der Waals surface area contributed by atoms with Crippen LogP contribution in [0.3, 0.4) is 0 Å². The molecule has 116 valence electrons. The lowest BCUT2D eigenvalue weighted by molar-refractivity contribution is -0.140. The van der Waals surface area contributed by atoms with Gasteiger partial charge in [0.2, 0.25) is 0 Å². The number of hydrogen-bond donors (Lipinski definition) is 4. The fraction of sp³-hybridized carbons (Fsp3) is 0.267. The summed E-state index contributed by atoms with van der Waals surface area (Å²) in [7, 11) is 0. The van der Waals surface area contributed by atoms with Crippen molar-refractivity contribution in [3.63, 3.8) is 0 Å². The number of carbonyl (C=O) groups excluding carboxylic acids is 1. The molecule has 0 spiro atoms. The zero-order valence-corrected chi connectivity index (χ0v) is 12.3. The van der Waals surface area contributed by atoms with Gasteiger partial charge >= 0.3 is 5.97 Å². The summed E-state index contributed by atoms with van der Waals surface area (Å²) < 4.78 is 0. The number of carbonyl (C=O) groups is 2. The molecule has 5 N–H and O–H groups in total. The van der Waals surface area contributed by atoms with Crippen molar-refractivity contribution in [2.24, 2.45) is 5.92 Å². The lowest BCUT2D eigenvalue weighted by Crippen LogP contribution is -2.38. The van der Waals surface area contributed by atoms with Crippen LogP contribution < -0.4 is 16.4 Å². The van der Waals surface area contributed by atoms with Gasteiger partial charge in [-0.3, -0.25) is 4.79 Å². The molecule has 0 fully saturated rings. The van der Waals surface area contributed by atoms with Crippen LogP contribution in [-0.2, 0) is 9.59 Å². The van der Waals surface area contributed by atoms with Gasteiger partial charge in [-0.15, -0.1) is 0 Å². The van der Waals surface area contributed by atoms with E-state index in [1.54, 1.807) is 44.2 Å². The lowest BCUT2D eigenvalue weighted by atomic mass is 10.1. The molecule has 0 saturated carbocycles. The topological polar surface area (TPSA) is 128 Å². The van der Waals surface area contributed by atoms with Gasteiger partial charge in [0.1, 0.15) is 17.7 Å². The second-order valence-electron chi connectivity index (χ2n) is 4.97. The van der Waals surface area contributed by atoms with Crippen molar-refractivity contribution in [1.29, 1.82) is 5.26 Å². The van der Waals surface area contributed by atoms with Crippen LogP contribution in [-0.4, -0.2) is 23.0 Å². The van der Waals surface area contributed by atoms with Crippen molar-refractivity contribution in [1.82, 2.24) is 5.32 Å². The van der Waals surface area contributed by atoms with Crippen molar-refractivity contribution in [3.05, 3.63) is 36.0 Å². The van der Waals surface area contributed by atoms with E-state index in [4.69, 9.17) is 16.1 Å². The predicted molar refractivity (Wildman–Crippen MR) is 82.6 cm³/mol. The maximum atomic E-state index is 12.0. The molecule has 0 radical (unpaired) electrons. The van der Waals surface area contributed by atoms with Crippen molar-refractivity contribution >= 4 is 23.3 Å². The van der Waals surface area contributed by atoms with E-state index < -0.39 is 17.9 Å². The first-order chi connectivity index (χ1) is 10.3. The number of carboxylic acids is 1. The standard InChI is InChI=1S/C15H18N4O3/c1-9(2)13(15(21)22)18-8-10(7-16)14(20)19-12-5-3-11(17)4-6-12/h3-6,8-9,13,18H,17H2,1-2H3,(H,19,20)(H,21,22)/b10-8-. The van der Waals surface area contributed by atoms with Crippen LogP contribution in [0.1, 0.15) is 13.8 Å². The number of aliphatic carboxylic acids is 1. The van der Waals surface area contributed by atoms with Crippen molar-refractivity contribution in [3.8, 4) is 6.07 Å². The molecule has 0 bridgehead atoms. The normalized spacial score (nSPS) is 12.4. The van der Waals surface area contributed by atoms with Crippen LogP contribution in [0.2, 0.25) is 0 Å². The molecule has 22 heavy (non-hydrogen) atoms. The molecule has 0 aromatic heterocycles. The Kier molecular flexibility index (Phi) is 5.96. The minimum Gasteiger partial charge on any atom is -0.480 e.